The van der Waals surface area contributed by atoms with Crippen LogP contribution in [0.2, 0.25) is 0 Å². The van der Waals surface area contributed by atoms with E-state index in [1.54, 1.807) is 12.1 Å². The van der Waals surface area contributed by atoms with Crippen LogP contribution in [0.1, 0.15) is 51.9 Å². The fourth-order valence-electron chi connectivity index (χ4n) is 2.54. The van der Waals surface area contributed by atoms with Crippen LogP contribution < -0.4 is 0 Å². The third-order valence-corrected chi connectivity index (χ3v) is 5.07. The van der Waals surface area contributed by atoms with Crippen molar-refractivity contribution in [2.75, 3.05) is 6.61 Å². The molecule has 7 heteroatoms. The molecule has 0 atom stereocenters. The van der Waals surface area contributed by atoms with Gasteiger partial charge < -0.3 is 9.15 Å². The molecule has 0 aliphatic heterocycles. The van der Waals surface area contributed by atoms with E-state index in [-0.39, 0.29) is 5.89 Å². The Morgan fingerprint density at radius 1 is 1.00 bits per heavy atom. The van der Waals surface area contributed by atoms with Crippen molar-refractivity contribution in [2.45, 2.75) is 25.7 Å². The number of nitriles is 1. The molecule has 0 fully saturated rings. The van der Waals surface area contributed by atoms with E-state index < -0.39 is 5.97 Å². The Morgan fingerprint density at radius 2 is 1.72 bits per heavy atom. The molecule has 2 aromatic heterocycles. The summed E-state index contributed by atoms with van der Waals surface area (Å²) < 4.78 is 10.5. The Kier molecular flexibility index (Phi) is 8.40. The summed E-state index contributed by atoms with van der Waals surface area (Å²) in [5.74, 6) is 12.5. The number of hydrogen-bond acceptors (Lipinski definition) is 7. The van der Waals surface area contributed by atoms with Gasteiger partial charge in [-0.05, 0) is 61.6 Å². The first-order chi connectivity index (χ1) is 15.7. The number of aryl methyl sites for hydroxylation is 1. The number of ether oxygens (including phenoxy) is 1. The number of aromatic nitrogens is 2. The molecule has 0 saturated carbocycles. The van der Waals surface area contributed by atoms with Gasteiger partial charge in [0.05, 0.1) is 28.0 Å². The molecule has 6 nitrogen and oxygen atoms in total. The van der Waals surface area contributed by atoms with Crippen LogP contribution >= 0.6 is 11.3 Å². The second-order valence-electron chi connectivity index (χ2n) is 6.54. The van der Waals surface area contributed by atoms with Gasteiger partial charge in [0.25, 0.3) is 5.89 Å². The van der Waals surface area contributed by atoms with Crippen LogP contribution in [0.25, 0.3) is 0 Å². The van der Waals surface area contributed by atoms with Crippen molar-refractivity contribution in [3.05, 3.63) is 81.7 Å². The average molecular weight is 442 g/mol. The molecule has 0 aliphatic rings. The van der Waals surface area contributed by atoms with Crippen LogP contribution in [0.4, 0.5) is 0 Å². The number of hydrogen-bond donors (Lipinski definition) is 0. The van der Waals surface area contributed by atoms with E-state index in [4.69, 9.17) is 14.4 Å². The van der Waals surface area contributed by atoms with E-state index in [2.05, 4.69) is 46.5 Å². The predicted molar refractivity (Wildman–Crippen MR) is 120 cm³/mol. The molecule has 32 heavy (non-hydrogen) atoms. The first kappa shape index (κ1) is 22.6. The maximum absolute atomic E-state index is 10.9. The molecule has 3 aromatic rings. The third-order valence-electron chi connectivity index (χ3n) is 4.16. The fraction of sp³-hybridized carbons (Fsp3) is 0.200. The first-order valence-corrected chi connectivity index (χ1v) is 10.7. The number of nitrogens with zero attached hydrogens (tertiary/aromatic N) is 3. The quantitative estimate of drug-likeness (QED) is 0.236. The summed E-state index contributed by atoms with van der Waals surface area (Å²) in [6.45, 7) is 3.73. The molecule has 0 N–H and O–H groups in total. The minimum Gasteiger partial charge on any atom is -0.463 e. The van der Waals surface area contributed by atoms with Gasteiger partial charge >= 0.3 is 5.97 Å². The Hall–Kier alpha value is -4.12. The lowest BCUT2D eigenvalue weighted by molar-refractivity contribution is -0.137. The van der Waals surface area contributed by atoms with E-state index >= 15 is 0 Å². The zero-order chi connectivity index (χ0) is 22.6. The zero-order valence-corrected chi connectivity index (χ0v) is 18.1. The summed E-state index contributed by atoms with van der Waals surface area (Å²) >= 11 is 1.48. The van der Waals surface area contributed by atoms with E-state index in [0.29, 0.717) is 24.5 Å². The molecule has 1 aromatic carbocycles. The number of esters is 1. The molecular weight excluding hydrogens is 422 g/mol. The van der Waals surface area contributed by atoms with Crippen molar-refractivity contribution < 1.29 is 13.9 Å². The Bertz CT molecular complexity index is 1240. The predicted octanol–water partition coefficient (Wildman–Crippen LogP) is 4.24. The smallest absolute Gasteiger partial charge is 0.330 e. The van der Waals surface area contributed by atoms with Gasteiger partial charge in [-0.25, -0.2) is 4.79 Å². The van der Waals surface area contributed by atoms with Crippen LogP contribution in [0.5, 0.6) is 0 Å². The largest absolute Gasteiger partial charge is 0.463 e. The molecule has 2 heterocycles. The first-order valence-electron chi connectivity index (χ1n) is 9.92. The van der Waals surface area contributed by atoms with Crippen molar-refractivity contribution in [1.82, 2.24) is 10.2 Å². The number of carbonyl (C=O) groups excluding carboxylic acids is 1. The zero-order valence-electron chi connectivity index (χ0n) is 17.3. The number of rotatable bonds is 7. The van der Waals surface area contributed by atoms with Crippen molar-refractivity contribution in [2.24, 2.45) is 0 Å². The maximum atomic E-state index is 10.9. The second-order valence-corrected chi connectivity index (χ2v) is 7.62. The van der Waals surface area contributed by atoms with Gasteiger partial charge in [0.1, 0.15) is 0 Å². The Balaban J connectivity index is 1.47. The highest BCUT2D eigenvalue weighted by Crippen LogP contribution is 2.15. The molecule has 0 bridgehead atoms. The van der Waals surface area contributed by atoms with E-state index in [0.717, 1.165) is 40.7 Å². The van der Waals surface area contributed by atoms with Crippen molar-refractivity contribution >= 4 is 17.3 Å². The lowest BCUT2D eigenvalue weighted by atomic mass is 10.1. The highest BCUT2D eigenvalue weighted by atomic mass is 32.1. The molecule has 0 spiro atoms. The number of carbonyl (C=O) groups is 1. The second kappa shape index (κ2) is 11.9. The van der Waals surface area contributed by atoms with Crippen LogP contribution in [-0.2, 0) is 16.0 Å². The summed E-state index contributed by atoms with van der Waals surface area (Å²) in [5, 5.41) is 16.8. The van der Waals surface area contributed by atoms with Crippen molar-refractivity contribution in [1.29, 1.82) is 5.26 Å². The standard InChI is InChI=1S/C25H19N3O3S/c1-2-25(29)30-17-5-3-4-6-23-27-28-24(31-23)16-15-22-14-13-21(32-22)12-11-19-7-9-20(18-26)10-8-19/h2,7-10,13-14H,1,3-6,17H2. The monoisotopic (exact) mass is 441 g/mol. The van der Waals surface area contributed by atoms with E-state index in [1.165, 1.54) is 11.3 Å². The third kappa shape index (κ3) is 7.29. The van der Waals surface area contributed by atoms with Crippen molar-refractivity contribution in [3.63, 3.8) is 0 Å². The van der Waals surface area contributed by atoms with Crippen LogP contribution in [0, 0.1) is 35.0 Å². The molecule has 0 aliphatic carbocycles. The summed E-state index contributed by atoms with van der Waals surface area (Å²) in [6.07, 6.45) is 4.32. The number of benzene rings is 1. The van der Waals surface area contributed by atoms with Gasteiger partial charge in [-0.3, -0.25) is 0 Å². The minimum absolute atomic E-state index is 0.276. The fourth-order valence-corrected chi connectivity index (χ4v) is 3.25. The normalized spacial score (nSPS) is 9.59. The van der Waals surface area contributed by atoms with Gasteiger partial charge in [0, 0.05) is 24.0 Å². The van der Waals surface area contributed by atoms with Crippen LogP contribution in [-0.4, -0.2) is 22.8 Å². The van der Waals surface area contributed by atoms with Crippen LogP contribution in [0.15, 0.2) is 53.5 Å². The van der Waals surface area contributed by atoms with Gasteiger partial charge in [0.2, 0.25) is 5.89 Å². The van der Waals surface area contributed by atoms with Crippen LogP contribution in [0.3, 0.4) is 0 Å². The highest BCUT2D eigenvalue weighted by molar-refractivity contribution is 7.13. The molecular formula is C25H19N3O3S. The van der Waals surface area contributed by atoms with E-state index in [1.807, 2.05) is 24.3 Å². The molecule has 0 amide bonds. The molecule has 3 rings (SSSR count). The highest BCUT2D eigenvalue weighted by Gasteiger charge is 2.04. The molecule has 158 valence electrons. The lowest BCUT2D eigenvalue weighted by Crippen LogP contribution is -2.01. The lowest BCUT2D eigenvalue weighted by Gasteiger charge is -2.00. The van der Waals surface area contributed by atoms with E-state index in [9.17, 15) is 4.79 Å². The van der Waals surface area contributed by atoms with Crippen molar-refractivity contribution in [3.8, 4) is 29.8 Å². The molecule has 0 unspecified atom stereocenters. The summed E-state index contributed by atoms with van der Waals surface area (Å²) in [7, 11) is 0. The minimum atomic E-state index is -0.402. The number of thiophene rings is 1. The average Bonchev–Trinajstić information content (AvgIpc) is 3.48. The number of unbranched alkanes of at least 4 members (excludes halogenated alkanes) is 2. The summed E-state index contributed by atoms with van der Waals surface area (Å²) in [5.41, 5.74) is 1.46. The Morgan fingerprint density at radius 3 is 2.44 bits per heavy atom. The topological polar surface area (TPSA) is 89.0 Å². The molecule has 0 radical (unpaired) electrons. The van der Waals surface area contributed by atoms with Gasteiger partial charge in [0.15, 0.2) is 0 Å². The van der Waals surface area contributed by atoms with Gasteiger partial charge in [-0.1, -0.05) is 23.5 Å². The summed E-state index contributed by atoms with van der Waals surface area (Å²) in [4.78, 5) is 12.7. The molecule has 0 saturated heterocycles. The SMILES string of the molecule is C=CC(=O)OCCCCCc1nnc(C#Cc2ccc(C#Cc3ccc(C#N)cc3)s2)o1. The maximum Gasteiger partial charge on any atom is 0.330 e. The van der Waals surface area contributed by atoms with Gasteiger partial charge in [-0.15, -0.1) is 16.4 Å². The van der Waals surface area contributed by atoms with Gasteiger partial charge in [-0.2, -0.15) is 5.26 Å². The Labute approximate surface area is 190 Å². The summed E-state index contributed by atoms with van der Waals surface area (Å²) in [6, 6.07) is 13.0.